The van der Waals surface area contributed by atoms with Crippen LogP contribution < -0.4 is 15.1 Å². The largest absolute Gasteiger partial charge is 0.378 e. The molecule has 0 aliphatic rings. The average molecular weight is 357 g/mol. The summed E-state index contributed by atoms with van der Waals surface area (Å²) in [6.45, 7) is 2.22. The van der Waals surface area contributed by atoms with Crippen molar-refractivity contribution in [1.29, 1.82) is 0 Å². The lowest BCUT2D eigenvalue weighted by molar-refractivity contribution is -0.121. The average Bonchev–Trinajstić information content (AvgIpc) is 2.60. The van der Waals surface area contributed by atoms with Gasteiger partial charge in [0.05, 0.1) is 6.42 Å². The molecule has 2 aromatic rings. The fourth-order valence-electron chi connectivity index (χ4n) is 2.56. The Morgan fingerprint density at radius 1 is 0.962 bits per heavy atom. The van der Waals surface area contributed by atoms with Crippen LogP contribution in [0.5, 0.6) is 0 Å². The monoisotopic (exact) mass is 357 g/mol. The zero-order valence-corrected chi connectivity index (χ0v) is 15.3. The van der Waals surface area contributed by atoms with Gasteiger partial charge in [-0.2, -0.15) is 0 Å². The Labute approximate surface area is 153 Å². The summed E-state index contributed by atoms with van der Waals surface area (Å²) in [5, 5.41) is 2.80. The van der Waals surface area contributed by atoms with Crippen molar-refractivity contribution in [3.8, 4) is 0 Å². The third kappa shape index (κ3) is 5.58. The van der Waals surface area contributed by atoms with Gasteiger partial charge in [-0.3, -0.25) is 9.59 Å². The van der Waals surface area contributed by atoms with Crippen LogP contribution in [0.3, 0.4) is 0 Å². The molecule has 0 aliphatic carbocycles. The Hall–Kier alpha value is -2.89. The van der Waals surface area contributed by atoms with E-state index in [9.17, 15) is 14.0 Å². The Morgan fingerprint density at radius 3 is 2.08 bits per heavy atom. The summed E-state index contributed by atoms with van der Waals surface area (Å²) in [5.41, 5.74) is 2.58. The topological polar surface area (TPSA) is 52.7 Å². The van der Waals surface area contributed by atoms with E-state index in [4.69, 9.17) is 0 Å². The van der Waals surface area contributed by atoms with Gasteiger partial charge in [-0.15, -0.1) is 0 Å². The number of nitrogens with one attached hydrogen (secondary N) is 1. The lowest BCUT2D eigenvalue weighted by Gasteiger charge is -2.22. The van der Waals surface area contributed by atoms with Gasteiger partial charge < -0.3 is 15.1 Å². The number of nitrogens with zero attached hydrogens (tertiary/aromatic N) is 2. The van der Waals surface area contributed by atoms with Gasteiger partial charge in [0.1, 0.15) is 5.82 Å². The van der Waals surface area contributed by atoms with E-state index in [0.29, 0.717) is 13.1 Å². The predicted molar refractivity (Wildman–Crippen MR) is 102 cm³/mol. The summed E-state index contributed by atoms with van der Waals surface area (Å²) in [4.78, 5) is 27.5. The first-order chi connectivity index (χ1) is 12.4. The van der Waals surface area contributed by atoms with E-state index in [2.05, 4.69) is 5.32 Å². The molecule has 26 heavy (non-hydrogen) atoms. The van der Waals surface area contributed by atoms with Gasteiger partial charge in [0.2, 0.25) is 11.8 Å². The summed E-state index contributed by atoms with van der Waals surface area (Å²) < 4.78 is 12.9. The Balaban J connectivity index is 1.89. The molecule has 0 aromatic heterocycles. The normalized spacial score (nSPS) is 10.3. The van der Waals surface area contributed by atoms with Crippen molar-refractivity contribution in [2.45, 2.75) is 13.3 Å². The molecule has 2 amide bonds. The molecule has 0 atom stereocenters. The third-order valence-corrected chi connectivity index (χ3v) is 3.99. The van der Waals surface area contributed by atoms with E-state index < -0.39 is 0 Å². The molecule has 2 aromatic carbocycles. The fourth-order valence-corrected chi connectivity index (χ4v) is 2.56. The van der Waals surface area contributed by atoms with Crippen molar-refractivity contribution in [2.24, 2.45) is 0 Å². The first-order valence-electron chi connectivity index (χ1n) is 8.43. The van der Waals surface area contributed by atoms with E-state index in [1.165, 1.54) is 19.1 Å². The molecule has 0 fully saturated rings. The summed E-state index contributed by atoms with van der Waals surface area (Å²) in [6.07, 6.45) is 0.178. The fraction of sp³-hybridized carbons (Fsp3) is 0.300. The van der Waals surface area contributed by atoms with Gasteiger partial charge in [0, 0.05) is 45.5 Å². The first-order valence-corrected chi connectivity index (χ1v) is 8.43. The predicted octanol–water partition coefficient (Wildman–Crippen LogP) is 2.60. The molecule has 1 N–H and O–H groups in total. The van der Waals surface area contributed by atoms with Crippen LogP contribution in [-0.4, -0.2) is 39.0 Å². The second kappa shape index (κ2) is 8.99. The number of rotatable bonds is 7. The Morgan fingerprint density at radius 2 is 1.54 bits per heavy atom. The van der Waals surface area contributed by atoms with Crippen molar-refractivity contribution in [2.75, 3.05) is 37.0 Å². The number of anilines is 2. The van der Waals surface area contributed by atoms with Crippen LogP contribution in [-0.2, 0) is 16.0 Å². The number of carbonyl (C=O) groups excluding carboxylic acids is 2. The number of hydrogen-bond donors (Lipinski definition) is 1. The number of amides is 2. The molecular weight excluding hydrogens is 333 g/mol. The van der Waals surface area contributed by atoms with Crippen LogP contribution in [0, 0.1) is 5.82 Å². The van der Waals surface area contributed by atoms with Crippen LogP contribution in [0.25, 0.3) is 0 Å². The molecule has 0 aliphatic heterocycles. The van der Waals surface area contributed by atoms with Crippen molar-refractivity contribution in [3.63, 3.8) is 0 Å². The second-order valence-corrected chi connectivity index (χ2v) is 6.23. The van der Waals surface area contributed by atoms with E-state index in [1.807, 2.05) is 43.3 Å². The SMILES string of the molecule is CC(=O)N(CCNC(=O)Cc1ccc(F)cc1)c1ccc(N(C)C)cc1. The maximum absolute atomic E-state index is 12.9. The van der Waals surface area contributed by atoms with Gasteiger partial charge in [-0.1, -0.05) is 12.1 Å². The maximum Gasteiger partial charge on any atom is 0.224 e. The standard InChI is InChI=1S/C20H24FN3O2/c1-15(25)24(19-10-8-18(9-11-19)23(2)3)13-12-22-20(26)14-16-4-6-17(21)7-5-16/h4-11H,12-14H2,1-3H3,(H,22,26). The molecule has 0 spiro atoms. The molecule has 138 valence electrons. The minimum Gasteiger partial charge on any atom is -0.378 e. The van der Waals surface area contributed by atoms with Gasteiger partial charge in [0.15, 0.2) is 0 Å². The zero-order chi connectivity index (χ0) is 19.1. The highest BCUT2D eigenvalue weighted by Crippen LogP contribution is 2.19. The van der Waals surface area contributed by atoms with Crippen LogP contribution >= 0.6 is 0 Å². The highest BCUT2D eigenvalue weighted by Gasteiger charge is 2.12. The molecule has 0 saturated heterocycles. The summed E-state index contributed by atoms with van der Waals surface area (Å²) in [5.74, 6) is -0.579. The van der Waals surface area contributed by atoms with Crippen LogP contribution in [0.2, 0.25) is 0 Å². The molecule has 0 saturated carbocycles. The zero-order valence-electron chi connectivity index (χ0n) is 15.3. The molecule has 0 unspecified atom stereocenters. The van der Waals surface area contributed by atoms with E-state index in [1.54, 1.807) is 17.0 Å². The summed E-state index contributed by atoms with van der Waals surface area (Å²) >= 11 is 0. The summed E-state index contributed by atoms with van der Waals surface area (Å²) in [7, 11) is 3.91. The van der Waals surface area contributed by atoms with Gasteiger partial charge in [-0.05, 0) is 42.0 Å². The lowest BCUT2D eigenvalue weighted by atomic mass is 10.1. The van der Waals surface area contributed by atoms with Crippen molar-refractivity contribution >= 4 is 23.2 Å². The summed E-state index contributed by atoms with van der Waals surface area (Å²) in [6, 6.07) is 13.5. The smallest absolute Gasteiger partial charge is 0.224 e. The lowest BCUT2D eigenvalue weighted by Crippen LogP contribution is -2.38. The van der Waals surface area contributed by atoms with Crippen molar-refractivity contribution in [1.82, 2.24) is 5.32 Å². The highest BCUT2D eigenvalue weighted by atomic mass is 19.1. The van der Waals surface area contributed by atoms with Crippen LogP contribution in [0.4, 0.5) is 15.8 Å². The highest BCUT2D eigenvalue weighted by molar-refractivity contribution is 5.91. The minimum atomic E-state index is -0.327. The first kappa shape index (κ1) is 19.4. The molecule has 6 heteroatoms. The Bertz CT molecular complexity index is 743. The number of halogens is 1. The molecule has 0 heterocycles. The number of benzene rings is 2. The molecule has 5 nitrogen and oxygen atoms in total. The van der Waals surface area contributed by atoms with E-state index in [0.717, 1.165) is 16.9 Å². The molecule has 0 radical (unpaired) electrons. The molecule has 0 bridgehead atoms. The van der Waals surface area contributed by atoms with Gasteiger partial charge >= 0.3 is 0 Å². The number of carbonyl (C=O) groups is 2. The Kier molecular flexibility index (Phi) is 6.72. The van der Waals surface area contributed by atoms with Gasteiger partial charge in [-0.25, -0.2) is 4.39 Å². The van der Waals surface area contributed by atoms with Crippen molar-refractivity contribution in [3.05, 3.63) is 59.9 Å². The van der Waals surface area contributed by atoms with Crippen LogP contribution in [0.1, 0.15) is 12.5 Å². The number of hydrogen-bond acceptors (Lipinski definition) is 3. The third-order valence-electron chi connectivity index (χ3n) is 3.99. The molecule has 2 rings (SSSR count). The van der Waals surface area contributed by atoms with E-state index in [-0.39, 0.29) is 24.1 Å². The van der Waals surface area contributed by atoms with E-state index >= 15 is 0 Å². The van der Waals surface area contributed by atoms with Gasteiger partial charge in [0.25, 0.3) is 0 Å². The molecular formula is C20H24FN3O2. The second-order valence-electron chi connectivity index (χ2n) is 6.23. The van der Waals surface area contributed by atoms with Crippen molar-refractivity contribution < 1.29 is 14.0 Å². The quantitative estimate of drug-likeness (QED) is 0.829. The minimum absolute atomic E-state index is 0.0876. The maximum atomic E-state index is 12.9. The van der Waals surface area contributed by atoms with Crippen LogP contribution in [0.15, 0.2) is 48.5 Å².